The van der Waals surface area contributed by atoms with Gasteiger partial charge in [0.05, 0.1) is 18.7 Å². The van der Waals surface area contributed by atoms with Crippen LogP contribution in [0.2, 0.25) is 0 Å². The number of carbonyl (C=O) groups excluding carboxylic acids is 2. The van der Waals surface area contributed by atoms with E-state index in [0.717, 1.165) is 17.3 Å². The van der Waals surface area contributed by atoms with E-state index in [1.807, 2.05) is 13.1 Å². The van der Waals surface area contributed by atoms with Crippen molar-refractivity contribution in [2.75, 3.05) is 11.9 Å². The third-order valence-electron chi connectivity index (χ3n) is 7.01. The second-order valence-electron chi connectivity index (χ2n) is 10.1. The molecule has 0 radical (unpaired) electrons. The molecule has 220 valence electrons. The minimum absolute atomic E-state index is 0.0904. The summed E-state index contributed by atoms with van der Waals surface area (Å²) in [5.74, 6) is -1.63. The molecule has 0 unspecified atom stereocenters. The van der Waals surface area contributed by atoms with E-state index < -0.39 is 23.3 Å². The number of alkyl halides is 3. The summed E-state index contributed by atoms with van der Waals surface area (Å²) in [4.78, 5) is 32.1. The number of nitrogens with one attached hydrogen (secondary N) is 1. The van der Waals surface area contributed by atoms with E-state index in [-0.39, 0.29) is 49.0 Å². The highest BCUT2D eigenvalue weighted by atomic mass is 19.4. The molecule has 1 aromatic carbocycles. The quantitative estimate of drug-likeness (QED) is 0.209. The average Bonchev–Trinajstić information content (AvgIpc) is 3.51. The monoisotopic (exact) mass is 586 g/mol. The van der Waals surface area contributed by atoms with Crippen LogP contribution in [0.25, 0.3) is 11.1 Å². The summed E-state index contributed by atoms with van der Waals surface area (Å²) in [6.07, 6.45) is 0.370. The Morgan fingerprint density at radius 3 is 2.50 bits per heavy atom. The lowest BCUT2D eigenvalue weighted by atomic mass is 10.0. The highest BCUT2D eigenvalue weighted by Crippen LogP contribution is 2.59. The molecule has 1 fully saturated rings. The van der Waals surface area contributed by atoms with E-state index in [9.17, 15) is 27.2 Å². The van der Waals surface area contributed by atoms with Crippen molar-refractivity contribution in [1.29, 1.82) is 0 Å². The number of aryl methyl sites for hydroxylation is 1. The van der Waals surface area contributed by atoms with Crippen LogP contribution in [0.1, 0.15) is 48.2 Å². The lowest BCUT2D eigenvalue weighted by molar-refractivity contribution is -0.165. The largest absolute Gasteiger partial charge is 0.464 e. The zero-order valence-electron chi connectivity index (χ0n) is 22.7. The number of nitrogens with zero attached hydrogens (tertiary/aromatic N) is 5. The molecule has 1 aliphatic rings. The fourth-order valence-corrected chi connectivity index (χ4v) is 4.48. The van der Waals surface area contributed by atoms with Gasteiger partial charge in [-0.25, -0.2) is 14.4 Å². The first kappa shape index (κ1) is 28.9. The van der Waals surface area contributed by atoms with Gasteiger partial charge in [0.25, 0.3) is 0 Å². The summed E-state index contributed by atoms with van der Waals surface area (Å²) in [6.45, 7) is 3.84. The molecule has 5 rings (SSSR count). The van der Waals surface area contributed by atoms with Gasteiger partial charge in [0.15, 0.2) is 11.6 Å². The molecule has 3 heterocycles. The van der Waals surface area contributed by atoms with Gasteiger partial charge in [0.2, 0.25) is 5.91 Å². The molecule has 42 heavy (non-hydrogen) atoms. The van der Waals surface area contributed by atoms with Crippen LogP contribution in [0.4, 0.5) is 23.4 Å². The number of halogens is 4. The number of ether oxygens (including phenoxy) is 1. The van der Waals surface area contributed by atoms with Gasteiger partial charge >= 0.3 is 12.1 Å². The summed E-state index contributed by atoms with van der Waals surface area (Å²) in [5, 5.41) is 10.3. The van der Waals surface area contributed by atoms with Crippen LogP contribution in [0.3, 0.4) is 0 Å². The molecule has 10 nitrogen and oxygen atoms in total. The third-order valence-corrected chi connectivity index (χ3v) is 7.01. The van der Waals surface area contributed by atoms with E-state index in [1.54, 1.807) is 23.1 Å². The molecule has 4 aromatic rings. The Morgan fingerprint density at radius 2 is 1.86 bits per heavy atom. The predicted molar refractivity (Wildman–Crippen MR) is 140 cm³/mol. The molecular formula is C28H26F4N6O4. The van der Waals surface area contributed by atoms with E-state index in [4.69, 9.17) is 9.26 Å². The Morgan fingerprint density at radius 1 is 1.12 bits per heavy atom. The molecule has 1 saturated carbocycles. The molecule has 1 N–H and O–H groups in total. The molecular weight excluding hydrogens is 560 g/mol. The van der Waals surface area contributed by atoms with E-state index in [0.29, 0.717) is 29.9 Å². The fourth-order valence-electron chi connectivity index (χ4n) is 4.48. The Kier molecular flexibility index (Phi) is 7.80. The molecule has 0 atom stereocenters. The first-order valence-corrected chi connectivity index (χ1v) is 13.0. The van der Waals surface area contributed by atoms with Crippen molar-refractivity contribution >= 4 is 17.7 Å². The topological polar surface area (TPSA) is 125 Å². The number of hydrogen-bond donors (Lipinski definition) is 1. The van der Waals surface area contributed by atoms with E-state index >= 15 is 0 Å². The first-order valence-electron chi connectivity index (χ1n) is 13.0. The van der Waals surface area contributed by atoms with Crippen LogP contribution in [-0.4, -0.2) is 49.6 Å². The number of esters is 1. The summed E-state index contributed by atoms with van der Waals surface area (Å²) in [7, 11) is 0. The maximum atomic E-state index is 14.9. The second-order valence-corrected chi connectivity index (χ2v) is 10.1. The van der Waals surface area contributed by atoms with Gasteiger partial charge in [-0.1, -0.05) is 17.3 Å². The highest BCUT2D eigenvalue weighted by molar-refractivity contribution is 5.91. The van der Waals surface area contributed by atoms with Gasteiger partial charge in [-0.15, -0.1) is 0 Å². The normalized spacial score (nSPS) is 14.0. The summed E-state index contributed by atoms with van der Waals surface area (Å²) >= 11 is 0. The summed E-state index contributed by atoms with van der Waals surface area (Å²) < 4.78 is 66.2. The molecule has 3 aromatic heterocycles. The average molecular weight is 587 g/mol. The fraction of sp³-hybridized carbons (Fsp3) is 0.357. The number of anilines is 1. The van der Waals surface area contributed by atoms with Crippen molar-refractivity contribution in [2.24, 2.45) is 0 Å². The van der Waals surface area contributed by atoms with E-state index in [1.165, 1.54) is 19.1 Å². The minimum Gasteiger partial charge on any atom is -0.464 e. The summed E-state index contributed by atoms with van der Waals surface area (Å²) in [6, 6.07) is 5.38. The number of rotatable bonds is 10. The Bertz CT molecular complexity index is 1610. The van der Waals surface area contributed by atoms with Crippen molar-refractivity contribution in [2.45, 2.75) is 57.7 Å². The maximum absolute atomic E-state index is 14.9. The predicted octanol–water partition coefficient (Wildman–Crippen LogP) is 4.70. The van der Waals surface area contributed by atoms with Crippen molar-refractivity contribution < 1.29 is 36.4 Å². The van der Waals surface area contributed by atoms with Gasteiger partial charge in [0, 0.05) is 49.1 Å². The smallest absolute Gasteiger partial charge is 0.401 e. The molecule has 0 saturated heterocycles. The van der Waals surface area contributed by atoms with Crippen LogP contribution in [0, 0.1) is 12.7 Å². The second kappa shape index (κ2) is 11.3. The maximum Gasteiger partial charge on any atom is 0.401 e. The zero-order chi connectivity index (χ0) is 30.1. The van der Waals surface area contributed by atoms with Crippen LogP contribution in [0.5, 0.6) is 0 Å². The van der Waals surface area contributed by atoms with E-state index in [2.05, 4.69) is 25.5 Å². The lowest BCUT2D eigenvalue weighted by Crippen LogP contribution is -2.28. The zero-order valence-corrected chi connectivity index (χ0v) is 22.7. The minimum atomic E-state index is -4.47. The number of hydrogen-bond acceptors (Lipinski definition) is 8. The van der Waals surface area contributed by atoms with Crippen molar-refractivity contribution in [3.8, 4) is 11.1 Å². The Labute approximate surface area is 237 Å². The highest BCUT2D eigenvalue weighted by Gasteiger charge is 2.66. The summed E-state index contributed by atoms with van der Waals surface area (Å²) in [5.41, 5.74) is 0.810. The number of aromatic nitrogens is 5. The van der Waals surface area contributed by atoms with Crippen molar-refractivity contribution in [3.63, 3.8) is 0 Å². The standard InChI is InChI=1S/C28H26F4N6O4/c1-16-20(15-38(36-16)7-8-41-17(2)39)10-24-33-13-21(14-34-24)18-3-4-19(22(29)9-18)11-26(40)35-25-12-23(42-37-25)27(5-6-27)28(30,31)32/h3-4,9,12-15H,5-8,10-11H2,1-2H3,(H,35,37,40). The van der Waals surface area contributed by atoms with Crippen LogP contribution >= 0.6 is 0 Å². The lowest BCUT2D eigenvalue weighted by Gasteiger charge is -2.14. The Hall–Kier alpha value is -4.62. The number of carbonyl (C=O) groups is 2. The van der Waals surface area contributed by atoms with Crippen LogP contribution in [0.15, 0.2) is 47.4 Å². The van der Waals surface area contributed by atoms with Crippen molar-refractivity contribution in [3.05, 3.63) is 77.1 Å². The van der Waals surface area contributed by atoms with Crippen LogP contribution < -0.4 is 5.32 Å². The van der Waals surface area contributed by atoms with Gasteiger partial charge in [-0.2, -0.15) is 18.3 Å². The Balaban J connectivity index is 1.18. The molecule has 0 aliphatic heterocycles. The molecule has 1 amide bonds. The molecule has 0 bridgehead atoms. The van der Waals surface area contributed by atoms with Crippen molar-refractivity contribution in [1.82, 2.24) is 24.9 Å². The van der Waals surface area contributed by atoms with Gasteiger partial charge in [-0.05, 0) is 37.0 Å². The molecule has 14 heteroatoms. The molecule has 1 aliphatic carbocycles. The molecule has 0 spiro atoms. The van der Waals surface area contributed by atoms with Gasteiger partial charge in [0.1, 0.15) is 23.7 Å². The third kappa shape index (κ3) is 6.31. The van der Waals surface area contributed by atoms with Crippen LogP contribution in [-0.2, 0) is 39.1 Å². The number of amides is 1. The van der Waals surface area contributed by atoms with Gasteiger partial charge in [-0.3, -0.25) is 14.3 Å². The SMILES string of the molecule is CC(=O)OCCn1cc(Cc2ncc(-c3ccc(CC(=O)Nc4cc(C5(C(F)(F)F)CC5)on4)c(F)c3)cn2)c(C)n1. The number of benzene rings is 1. The van der Waals surface area contributed by atoms with Gasteiger partial charge < -0.3 is 14.6 Å². The first-order chi connectivity index (χ1) is 19.9.